The van der Waals surface area contributed by atoms with Gasteiger partial charge in [-0.25, -0.2) is 9.79 Å². The van der Waals surface area contributed by atoms with Crippen molar-refractivity contribution in [3.05, 3.63) is 96.7 Å². The van der Waals surface area contributed by atoms with Gasteiger partial charge < -0.3 is 24.1 Å². The van der Waals surface area contributed by atoms with Crippen LogP contribution in [0.1, 0.15) is 37.4 Å². The molecule has 0 amide bonds. The van der Waals surface area contributed by atoms with Gasteiger partial charge >= 0.3 is 5.97 Å². The number of methoxy groups -OCH3 is 2. The van der Waals surface area contributed by atoms with E-state index in [9.17, 15) is 14.7 Å². The van der Waals surface area contributed by atoms with E-state index in [2.05, 4.69) is 4.99 Å². The molecule has 1 aromatic heterocycles. The summed E-state index contributed by atoms with van der Waals surface area (Å²) < 4.78 is 24.2. The molecule has 1 aliphatic heterocycles. The van der Waals surface area contributed by atoms with Crippen LogP contribution in [0.25, 0.3) is 16.8 Å². The lowest BCUT2D eigenvalue weighted by Crippen LogP contribution is -2.40. The number of hydrogen-bond acceptors (Lipinski definition) is 9. The summed E-state index contributed by atoms with van der Waals surface area (Å²) in [6.45, 7) is 4.39. The number of hydrogen-bond donors (Lipinski definition) is 1. The molecule has 2 heterocycles. The zero-order valence-corrected chi connectivity index (χ0v) is 24.7. The zero-order valence-electron chi connectivity index (χ0n) is 23.9. The lowest BCUT2D eigenvalue weighted by atomic mass is 9.94. The van der Waals surface area contributed by atoms with Gasteiger partial charge in [0.25, 0.3) is 5.56 Å². The predicted molar refractivity (Wildman–Crippen MR) is 161 cm³/mol. The molecule has 0 aliphatic carbocycles. The van der Waals surface area contributed by atoms with Gasteiger partial charge in [-0.2, -0.15) is 0 Å². The summed E-state index contributed by atoms with van der Waals surface area (Å²) in [5, 5.41) is 12.5. The van der Waals surface area contributed by atoms with Gasteiger partial charge in [-0.05, 0) is 42.3 Å². The molecule has 1 aliphatic rings. The Hall–Kier alpha value is -4.41. The van der Waals surface area contributed by atoms with Gasteiger partial charge in [-0.3, -0.25) is 9.36 Å². The topological polar surface area (TPSA) is 109 Å². The highest BCUT2D eigenvalue weighted by atomic mass is 32.1. The lowest BCUT2D eigenvalue weighted by Gasteiger charge is -2.27. The quantitative estimate of drug-likeness (QED) is 0.220. The van der Waals surface area contributed by atoms with E-state index in [1.165, 1.54) is 23.0 Å². The van der Waals surface area contributed by atoms with Crippen LogP contribution in [0.4, 0.5) is 0 Å². The third-order valence-electron chi connectivity index (χ3n) is 6.96. The molecule has 0 bridgehead atoms. The molecule has 4 aromatic rings. The van der Waals surface area contributed by atoms with Gasteiger partial charge in [0.15, 0.2) is 16.3 Å². The summed E-state index contributed by atoms with van der Waals surface area (Å²) in [5.41, 5.74) is 1.37. The minimum Gasteiger partial charge on any atom is -0.507 e. The minimum absolute atomic E-state index is 0.0426. The van der Waals surface area contributed by atoms with Crippen LogP contribution in [0.2, 0.25) is 0 Å². The molecule has 0 unspecified atom stereocenters. The fourth-order valence-corrected chi connectivity index (χ4v) is 6.04. The zero-order chi connectivity index (χ0) is 29.8. The SMILES string of the molecule is CCCOc1c(OC)cccc1[C@H]1C(C(=O)OCCOC)=C(C)N=c2s/c(=C/c3c(O)ccc4ccccc34)c(=O)n21. The highest BCUT2D eigenvalue weighted by molar-refractivity contribution is 7.07. The van der Waals surface area contributed by atoms with Crippen LogP contribution in [-0.2, 0) is 14.3 Å². The van der Waals surface area contributed by atoms with Crippen molar-refractivity contribution in [2.75, 3.05) is 34.0 Å². The number of esters is 1. The van der Waals surface area contributed by atoms with Crippen molar-refractivity contribution in [2.24, 2.45) is 4.99 Å². The molecule has 0 spiro atoms. The first kappa shape index (κ1) is 29.1. The number of carbonyl (C=O) groups excluding carboxylic acids is 1. The van der Waals surface area contributed by atoms with Crippen molar-refractivity contribution in [3.63, 3.8) is 0 Å². The Morgan fingerprint density at radius 3 is 2.64 bits per heavy atom. The molecule has 218 valence electrons. The Morgan fingerprint density at radius 1 is 1.07 bits per heavy atom. The number of para-hydroxylation sites is 1. The molecule has 0 saturated carbocycles. The maximum atomic E-state index is 14.2. The Morgan fingerprint density at radius 2 is 1.88 bits per heavy atom. The Bertz CT molecular complexity index is 1850. The van der Waals surface area contributed by atoms with Crippen molar-refractivity contribution in [1.82, 2.24) is 4.57 Å². The molecule has 5 rings (SSSR count). The molecule has 3 aromatic carbocycles. The number of phenols is 1. The van der Waals surface area contributed by atoms with Crippen LogP contribution >= 0.6 is 11.3 Å². The molecule has 9 nitrogen and oxygen atoms in total. The number of nitrogens with zero attached hydrogens (tertiary/aromatic N) is 2. The summed E-state index contributed by atoms with van der Waals surface area (Å²) in [5.74, 6) is 0.358. The Labute approximate surface area is 246 Å². The summed E-state index contributed by atoms with van der Waals surface area (Å²) in [7, 11) is 3.06. The van der Waals surface area contributed by atoms with Gasteiger partial charge in [0, 0.05) is 18.2 Å². The number of ether oxygens (including phenoxy) is 4. The average molecular weight is 589 g/mol. The number of benzene rings is 3. The summed E-state index contributed by atoms with van der Waals surface area (Å²) in [6, 6.07) is 15.6. The molecule has 1 N–H and O–H groups in total. The van der Waals surface area contributed by atoms with Crippen LogP contribution in [-0.4, -0.2) is 49.7 Å². The van der Waals surface area contributed by atoms with E-state index in [4.69, 9.17) is 18.9 Å². The van der Waals surface area contributed by atoms with Gasteiger partial charge in [0.1, 0.15) is 18.4 Å². The van der Waals surface area contributed by atoms with Gasteiger partial charge in [-0.15, -0.1) is 0 Å². The number of allylic oxidation sites excluding steroid dienone is 1. The maximum absolute atomic E-state index is 14.2. The number of carbonyl (C=O) groups is 1. The highest BCUT2D eigenvalue weighted by Gasteiger charge is 2.36. The summed E-state index contributed by atoms with van der Waals surface area (Å²) >= 11 is 1.18. The second kappa shape index (κ2) is 12.6. The molecule has 1 atom stereocenters. The van der Waals surface area contributed by atoms with Crippen LogP contribution < -0.4 is 24.4 Å². The predicted octanol–water partition coefficient (Wildman–Crippen LogP) is 4.08. The Balaban J connectivity index is 1.76. The van der Waals surface area contributed by atoms with Crippen molar-refractivity contribution in [1.29, 1.82) is 0 Å². The van der Waals surface area contributed by atoms with Gasteiger partial charge in [0.05, 0.1) is 36.1 Å². The largest absolute Gasteiger partial charge is 0.507 e. The summed E-state index contributed by atoms with van der Waals surface area (Å²) in [6.07, 6.45) is 2.42. The van der Waals surface area contributed by atoms with Gasteiger partial charge in [-0.1, -0.05) is 60.7 Å². The smallest absolute Gasteiger partial charge is 0.338 e. The van der Waals surface area contributed by atoms with E-state index < -0.39 is 12.0 Å². The van der Waals surface area contributed by atoms with E-state index >= 15 is 0 Å². The van der Waals surface area contributed by atoms with Crippen molar-refractivity contribution in [3.8, 4) is 17.2 Å². The summed E-state index contributed by atoms with van der Waals surface area (Å²) in [4.78, 5) is 32.8. The number of rotatable bonds is 10. The standard InChI is InChI=1S/C32H32N2O7S/c1-5-15-40-29-22(11-8-12-25(29)39-4)28-27(31(37)41-17-16-38-3)19(2)33-32-34(28)30(36)26(42-32)18-23-21-10-7-6-9-20(21)13-14-24(23)35/h6-14,18,28,35H,5,15-17H2,1-4H3/b26-18+/t28-/m0/s1. The van der Waals surface area contributed by atoms with Crippen LogP contribution in [0.15, 0.2) is 75.7 Å². The number of fused-ring (bicyclic) bond motifs is 2. The average Bonchev–Trinajstić information content (AvgIpc) is 3.30. The van der Waals surface area contributed by atoms with E-state index in [1.54, 1.807) is 38.3 Å². The van der Waals surface area contributed by atoms with Crippen LogP contribution in [0, 0.1) is 0 Å². The van der Waals surface area contributed by atoms with E-state index in [0.717, 1.165) is 17.2 Å². The fraction of sp³-hybridized carbons (Fsp3) is 0.281. The number of aromatic nitrogens is 1. The van der Waals surface area contributed by atoms with Crippen molar-refractivity contribution in [2.45, 2.75) is 26.3 Å². The van der Waals surface area contributed by atoms with Crippen LogP contribution in [0.3, 0.4) is 0 Å². The molecular formula is C32H32N2O7S. The number of aromatic hydroxyl groups is 1. The molecule has 0 fully saturated rings. The highest BCUT2D eigenvalue weighted by Crippen LogP contribution is 2.41. The second-order valence-electron chi connectivity index (χ2n) is 9.66. The van der Waals surface area contributed by atoms with E-state index in [0.29, 0.717) is 44.3 Å². The van der Waals surface area contributed by atoms with Gasteiger partial charge in [0.2, 0.25) is 0 Å². The molecule has 0 radical (unpaired) electrons. The van der Waals surface area contributed by atoms with Crippen molar-refractivity contribution < 1.29 is 28.8 Å². The molecule has 42 heavy (non-hydrogen) atoms. The van der Waals surface area contributed by atoms with Crippen LogP contribution in [0.5, 0.6) is 17.2 Å². The molecular weight excluding hydrogens is 556 g/mol. The Kier molecular flexibility index (Phi) is 8.75. The van der Waals surface area contributed by atoms with E-state index in [1.807, 2.05) is 43.3 Å². The first-order valence-corrected chi connectivity index (χ1v) is 14.4. The lowest BCUT2D eigenvalue weighted by molar-refractivity contribution is -0.140. The first-order chi connectivity index (χ1) is 20.4. The van der Waals surface area contributed by atoms with Crippen molar-refractivity contribution >= 4 is 34.2 Å². The fourth-order valence-electron chi connectivity index (χ4n) is 5.01. The monoisotopic (exact) mass is 588 g/mol. The second-order valence-corrected chi connectivity index (χ2v) is 10.7. The first-order valence-electron chi connectivity index (χ1n) is 13.6. The normalized spacial score (nSPS) is 15.0. The maximum Gasteiger partial charge on any atom is 0.338 e. The third kappa shape index (κ3) is 5.43. The minimum atomic E-state index is -0.901. The molecule has 0 saturated heterocycles. The number of phenolic OH excluding ortho intramolecular Hbond substituents is 1. The number of thiazole rings is 1. The van der Waals surface area contributed by atoms with E-state index in [-0.39, 0.29) is 30.1 Å². The third-order valence-corrected chi connectivity index (χ3v) is 7.94. The molecule has 10 heteroatoms.